The van der Waals surface area contributed by atoms with E-state index in [1.165, 1.54) is 0 Å². The van der Waals surface area contributed by atoms with Gasteiger partial charge in [-0.2, -0.15) is 5.10 Å². The molecule has 3 heterocycles. The van der Waals surface area contributed by atoms with Gasteiger partial charge in [0.15, 0.2) is 5.96 Å². The molecule has 0 aliphatic carbocycles. The maximum Gasteiger partial charge on any atom is 0.194 e. The fourth-order valence-electron chi connectivity index (χ4n) is 2.94. The number of nitrogens with one attached hydrogen (secondary N) is 1. The molecule has 150 valence electrons. The minimum Gasteiger partial charge on any atom is -0.469 e. The Morgan fingerprint density at radius 1 is 1.44 bits per heavy atom. The first kappa shape index (κ1) is 21.7. The summed E-state index contributed by atoms with van der Waals surface area (Å²) in [6, 6.07) is 3.92. The quantitative estimate of drug-likeness (QED) is 0.386. The number of nitrogens with zero attached hydrogens (tertiary/aromatic N) is 4. The molecule has 0 saturated carbocycles. The lowest BCUT2D eigenvalue weighted by atomic mass is 10.1. The van der Waals surface area contributed by atoms with Gasteiger partial charge in [-0.25, -0.2) is 0 Å². The third-order valence-corrected chi connectivity index (χ3v) is 4.30. The molecule has 1 saturated heterocycles. The highest BCUT2D eigenvalue weighted by Crippen LogP contribution is 2.21. The number of aryl methyl sites for hydroxylation is 1. The van der Waals surface area contributed by atoms with E-state index < -0.39 is 0 Å². The number of ether oxygens (including phenoxy) is 1. The first-order chi connectivity index (χ1) is 12.6. The van der Waals surface area contributed by atoms with Crippen molar-refractivity contribution >= 4 is 29.9 Å². The van der Waals surface area contributed by atoms with E-state index in [2.05, 4.69) is 29.2 Å². The van der Waals surface area contributed by atoms with E-state index in [9.17, 15) is 0 Å². The Hall–Kier alpha value is -1.55. The van der Waals surface area contributed by atoms with Gasteiger partial charge in [-0.15, -0.1) is 24.0 Å². The Morgan fingerprint density at radius 3 is 2.96 bits per heavy atom. The number of hydrogen-bond donors (Lipinski definition) is 1. The minimum atomic E-state index is 0. The molecule has 1 unspecified atom stereocenters. The lowest BCUT2D eigenvalue weighted by Crippen LogP contribution is -2.48. The highest BCUT2D eigenvalue weighted by atomic mass is 127. The molecule has 3 rings (SSSR count). The molecular formula is C19H30IN5O2. The average Bonchev–Trinajstić information content (AvgIpc) is 3.29. The topological polar surface area (TPSA) is 67.8 Å². The number of halogens is 1. The van der Waals surface area contributed by atoms with Crippen LogP contribution >= 0.6 is 24.0 Å². The Morgan fingerprint density at radius 2 is 2.30 bits per heavy atom. The molecule has 0 spiro atoms. The predicted octanol–water partition coefficient (Wildman–Crippen LogP) is 2.85. The van der Waals surface area contributed by atoms with Gasteiger partial charge >= 0.3 is 0 Å². The standard InChI is InChI=1S/C19H29N5O2.HI/c1-15(2)11-21-19(20-7-6-17-5-4-9-25-17)24-8-10-26-18(14-24)16-12-22-23(3)13-16;/h4-5,9,12-13,15,18H,6-8,10-11,14H2,1-3H3,(H,20,21);1H. The Kier molecular flexibility index (Phi) is 8.62. The molecule has 1 N–H and O–H groups in total. The van der Waals surface area contributed by atoms with Crippen LogP contribution in [0.1, 0.15) is 31.3 Å². The van der Waals surface area contributed by atoms with Crippen molar-refractivity contribution in [2.24, 2.45) is 18.0 Å². The summed E-state index contributed by atoms with van der Waals surface area (Å²) < 4.78 is 13.2. The molecule has 0 bridgehead atoms. The Bertz CT molecular complexity index is 699. The van der Waals surface area contributed by atoms with Crippen molar-refractivity contribution in [1.29, 1.82) is 0 Å². The maximum atomic E-state index is 5.95. The van der Waals surface area contributed by atoms with Gasteiger partial charge in [0.25, 0.3) is 0 Å². The molecule has 1 fully saturated rings. The summed E-state index contributed by atoms with van der Waals surface area (Å²) >= 11 is 0. The van der Waals surface area contributed by atoms with E-state index in [-0.39, 0.29) is 30.1 Å². The van der Waals surface area contributed by atoms with Crippen molar-refractivity contribution in [2.75, 3.05) is 32.8 Å². The summed E-state index contributed by atoms with van der Waals surface area (Å²) in [5.74, 6) is 2.45. The smallest absolute Gasteiger partial charge is 0.194 e. The molecule has 0 amide bonds. The molecule has 1 aliphatic heterocycles. The summed E-state index contributed by atoms with van der Waals surface area (Å²) in [5.41, 5.74) is 1.11. The van der Waals surface area contributed by atoms with Crippen LogP contribution in [0, 0.1) is 5.92 Å². The normalized spacial score (nSPS) is 17.9. The Labute approximate surface area is 178 Å². The highest BCUT2D eigenvalue weighted by Gasteiger charge is 2.25. The van der Waals surface area contributed by atoms with Crippen LogP contribution in [0.3, 0.4) is 0 Å². The summed E-state index contributed by atoms with van der Waals surface area (Å²) in [6.45, 7) is 8.25. The van der Waals surface area contributed by atoms with Crippen molar-refractivity contribution in [3.05, 3.63) is 42.1 Å². The first-order valence-electron chi connectivity index (χ1n) is 9.27. The fourth-order valence-corrected chi connectivity index (χ4v) is 2.94. The molecule has 1 aliphatic rings. The van der Waals surface area contributed by atoms with E-state index in [1.807, 2.05) is 36.3 Å². The van der Waals surface area contributed by atoms with Crippen LogP contribution in [-0.2, 0) is 18.2 Å². The van der Waals surface area contributed by atoms with Crippen molar-refractivity contribution in [1.82, 2.24) is 20.0 Å². The lowest BCUT2D eigenvalue weighted by molar-refractivity contribution is -0.00808. The second kappa shape index (κ2) is 10.7. The average molecular weight is 487 g/mol. The molecule has 1 atom stereocenters. The molecule has 0 radical (unpaired) electrons. The van der Waals surface area contributed by atoms with Gasteiger partial charge in [-0.1, -0.05) is 13.8 Å². The second-order valence-electron chi connectivity index (χ2n) is 7.07. The van der Waals surface area contributed by atoms with Crippen molar-refractivity contribution < 1.29 is 9.15 Å². The van der Waals surface area contributed by atoms with Crippen LogP contribution in [0.15, 0.2) is 40.2 Å². The zero-order valence-electron chi connectivity index (χ0n) is 16.3. The van der Waals surface area contributed by atoms with E-state index in [1.54, 1.807) is 6.26 Å². The first-order valence-corrected chi connectivity index (χ1v) is 9.27. The number of hydrogen-bond acceptors (Lipinski definition) is 4. The number of guanidine groups is 1. The van der Waals surface area contributed by atoms with E-state index in [0.29, 0.717) is 12.5 Å². The summed E-state index contributed by atoms with van der Waals surface area (Å²) in [6.07, 6.45) is 6.47. The third kappa shape index (κ3) is 6.53. The number of aromatic nitrogens is 2. The largest absolute Gasteiger partial charge is 0.469 e. The summed E-state index contributed by atoms with van der Waals surface area (Å²) in [4.78, 5) is 7.11. The van der Waals surface area contributed by atoms with Gasteiger partial charge < -0.3 is 19.4 Å². The van der Waals surface area contributed by atoms with Crippen LogP contribution in [0.4, 0.5) is 0 Å². The van der Waals surface area contributed by atoms with Gasteiger partial charge in [-0.3, -0.25) is 9.67 Å². The molecule has 2 aromatic rings. The number of aliphatic imine (C=N–C) groups is 1. The molecule has 7 nitrogen and oxygen atoms in total. The molecular weight excluding hydrogens is 457 g/mol. The molecule has 8 heteroatoms. The highest BCUT2D eigenvalue weighted by molar-refractivity contribution is 14.0. The molecule has 0 aromatic carbocycles. The summed E-state index contributed by atoms with van der Waals surface area (Å²) in [7, 11) is 1.93. The van der Waals surface area contributed by atoms with Gasteiger partial charge in [0.2, 0.25) is 0 Å². The second-order valence-corrected chi connectivity index (χ2v) is 7.07. The van der Waals surface area contributed by atoms with Crippen molar-refractivity contribution in [2.45, 2.75) is 26.4 Å². The predicted molar refractivity (Wildman–Crippen MR) is 116 cm³/mol. The summed E-state index contributed by atoms with van der Waals surface area (Å²) in [5, 5.41) is 7.76. The lowest BCUT2D eigenvalue weighted by Gasteiger charge is -2.35. The number of morpholine rings is 1. The van der Waals surface area contributed by atoms with Gasteiger partial charge in [0.05, 0.1) is 25.6 Å². The molecule has 27 heavy (non-hydrogen) atoms. The van der Waals surface area contributed by atoms with Gasteiger partial charge in [-0.05, 0) is 18.1 Å². The SMILES string of the molecule is CC(C)CN=C(NCCc1ccco1)N1CCOC(c2cnn(C)c2)C1.I. The number of rotatable bonds is 6. The van der Waals surface area contributed by atoms with Gasteiger partial charge in [0, 0.05) is 44.9 Å². The monoisotopic (exact) mass is 487 g/mol. The maximum absolute atomic E-state index is 5.95. The van der Waals surface area contributed by atoms with Crippen molar-refractivity contribution in [3.8, 4) is 0 Å². The van der Waals surface area contributed by atoms with E-state index >= 15 is 0 Å². The van der Waals surface area contributed by atoms with Crippen molar-refractivity contribution in [3.63, 3.8) is 0 Å². The van der Waals surface area contributed by atoms with Crippen LogP contribution in [-0.4, -0.2) is 53.4 Å². The minimum absolute atomic E-state index is 0. The van der Waals surface area contributed by atoms with Crippen LogP contribution < -0.4 is 5.32 Å². The third-order valence-electron chi connectivity index (χ3n) is 4.30. The van der Waals surface area contributed by atoms with Gasteiger partial charge in [0.1, 0.15) is 11.9 Å². The van der Waals surface area contributed by atoms with E-state index in [0.717, 1.165) is 49.9 Å². The zero-order valence-corrected chi connectivity index (χ0v) is 18.6. The van der Waals surface area contributed by atoms with Crippen LogP contribution in [0.2, 0.25) is 0 Å². The van der Waals surface area contributed by atoms with E-state index in [4.69, 9.17) is 14.1 Å². The Balaban J connectivity index is 0.00000261. The molecule has 2 aromatic heterocycles. The fraction of sp³-hybridized carbons (Fsp3) is 0.579. The number of furan rings is 1. The zero-order chi connectivity index (χ0) is 18.4. The van der Waals surface area contributed by atoms with Crippen LogP contribution in [0.5, 0.6) is 0 Å². The van der Waals surface area contributed by atoms with Crippen LogP contribution in [0.25, 0.3) is 0 Å².